The summed E-state index contributed by atoms with van der Waals surface area (Å²) in [4.78, 5) is 0.149. The highest BCUT2D eigenvalue weighted by molar-refractivity contribution is 7.89. The lowest BCUT2D eigenvalue weighted by Gasteiger charge is -2.37. The summed E-state index contributed by atoms with van der Waals surface area (Å²) in [7, 11) is -3.49. The molecule has 0 aliphatic heterocycles. The van der Waals surface area contributed by atoms with E-state index < -0.39 is 10.0 Å². The number of aromatic nitrogens is 2. The first-order chi connectivity index (χ1) is 8.03. The van der Waals surface area contributed by atoms with Gasteiger partial charge in [-0.1, -0.05) is 6.92 Å². The second kappa shape index (κ2) is 4.75. The van der Waals surface area contributed by atoms with Gasteiger partial charge in [0.15, 0.2) is 0 Å². The van der Waals surface area contributed by atoms with Crippen molar-refractivity contribution in [3.8, 4) is 0 Å². The lowest BCUT2D eigenvalue weighted by molar-refractivity contribution is 0.0277. The first-order valence-corrected chi connectivity index (χ1v) is 7.20. The van der Waals surface area contributed by atoms with Gasteiger partial charge in [-0.25, -0.2) is 13.1 Å². The van der Waals surface area contributed by atoms with Crippen molar-refractivity contribution in [1.29, 1.82) is 0 Å². The largest absolute Gasteiger partial charge is 0.393 e. The van der Waals surface area contributed by atoms with Gasteiger partial charge in [0.2, 0.25) is 10.0 Å². The number of rotatable bonds is 5. The average molecular weight is 259 g/mol. The molecule has 1 aromatic heterocycles. The van der Waals surface area contributed by atoms with Crippen molar-refractivity contribution >= 4 is 10.0 Å². The van der Waals surface area contributed by atoms with Crippen LogP contribution < -0.4 is 4.72 Å². The van der Waals surface area contributed by atoms with Crippen molar-refractivity contribution < 1.29 is 13.5 Å². The predicted molar refractivity (Wildman–Crippen MR) is 61.7 cm³/mol. The van der Waals surface area contributed by atoms with E-state index in [1.54, 1.807) is 0 Å². The van der Waals surface area contributed by atoms with E-state index in [-0.39, 0.29) is 23.0 Å². The summed E-state index contributed by atoms with van der Waals surface area (Å²) in [6, 6.07) is -0.113. The minimum atomic E-state index is -3.49. The summed E-state index contributed by atoms with van der Waals surface area (Å²) in [5.74, 6) is 0.233. The quantitative estimate of drug-likeness (QED) is 0.705. The molecule has 3 N–H and O–H groups in total. The third kappa shape index (κ3) is 2.67. The van der Waals surface area contributed by atoms with Gasteiger partial charge in [-0.15, -0.1) is 0 Å². The molecule has 6 nitrogen and oxygen atoms in total. The van der Waals surface area contributed by atoms with E-state index in [9.17, 15) is 13.5 Å². The molecule has 0 bridgehead atoms. The molecule has 96 valence electrons. The zero-order chi connectivity index (χ0) is 12.5. The summed E-state index contributed by atoms with van der Waals surface area (Å²) in [5, 5.41) is 15.4. The number of hydrogen-bond donors (Lipinski definition) is 3. The Morgan fingerprint density at radius 2 is 2.35 bits per heavy atom. The van der Waals surface area contributed by atoms with E-state index >= 15 is 0 Å². The lowest BCUT2D eigenvalue weighted by atomic mass is 9.77. The van der Waals surface area contributed by atoms with Crippen LogP contribution in [-0.2, 0) is 10.0 Å². The van der Waals surface area contributed by atoms with Gasteiger partial charge in [-0.3, -0.25) is 5.10 Å². The molecule has 2 rings (SSSR count). The van der Waals surface area contributed by atoms with Crippen LogP contribution >= 0.6 is 0 Å². The Labute approximate surface area is 100 Å². The van der Waals surface area contributed by atoms with Crippen molar-refractivity contribution in [3.05, 3.63) is 12.4 Å². The van der Waals surface area contributed by atoms with Crippen LogP contribution in [0.25, 0.3) is 0 Å². The SMILES string of the molecule is CCC(NS(=O)(=O)c1cn[nH]c1)C1CC(O)C1. The summed E-state index contributed by atoms with van der Waals surface area (Å²) in [6.07, 6.45) is 4.43. The van der Waals surface area contributed by atoms with Gasteiger partial charge >= 0.3 is 0 Å². The summed E-state index contributed by atoms with van der Waals surface area (Å²) < 4.78 is 26.6. The predicted octanol–water partition coefficient (Wildman–Crippen LogP) is 0.237. The maximum Gasteiger partial charge on any atom is 0.243 e. The van der Waals surface area contributed by atoms with Gasteiger partial charge < -0.3 is 5.11 Å². The van der Waals surface area contributed by atoms with Gasteiger partial charge in [-0.2, -0.15) is 5.10 Å². The van der Waals surface area contributed by atoms with Crippen molar-refractivity contribution in [3.63, 3.8) is 0 Å². The van der Waals surface area contributed by atoms with Crippen LogP contribution in [0.1, 0.15) is 26.2 Å². The fourth-order valence-electron chi connectivity index (χ4n) is 2.12. The monoisotopic (exact) mass is 259 g/mol. The van der Waals surface area contributed by atoms with Gasteiger partial charge in [-0.05, 0) is 25.2 Å². The Morgan fingerprint density at radius 3 is 2.82 bits per heavy atom. The Hall–Kier alpha value is -0.920. The number of nitrogens with zero attached hydrogens (tertiary/aromatic N) is 1. The van der Waals surface area contributed by atoms with Crippen molar-refractivity contribution in [2.24, 2.45) is 5.92 Å². The van der Waals surface area contributed by atoms with Crippen molar-refractivity contribution in [2.45, 2.75) is 43.2 Å². The second-order valence-electron chi connectivity index (χ2n) is 4.46. The average Bonchev–Trinajstić information content (AvgIpc) is 2.75. The molecule has 1 heterocycles. The molecule has 1 aliphatic carbocycles. The Morgan fingerprint density at radius 1 is 1.65 bits per heavy atom. The molecule has 0 saturated heterocycles. The van der Waals surface area contributed by atoms with Crippen LogP contribution in [0, 0.1) is 5.92 Å². The highest BCUT2D eigenvalue weighted by Crippen LogP contribution is 2.32. The number of nitrogens with one attached hydrogen (secondary N) is 2. The van der Waals surface area contributed by atoms with Gasteiger partial charge in [0, 0.05) is 12.2 Å². The molecule has 0 radical (unpaired) electrons. The Balaban J connectivity index is 2.04. The fraction of sp³-hybridized carbons (Fsp3) is 0.700. The lowest BCUT2D eigenvalue weighted by Crippen LogP contribution is -2.46. The van der Waals surface area contributed by atoms with E-state index in [1.165, 1.54) is 12.4 Å². The van der Waals surface area contributed by atoms with E-state index in [4.69, 9.17) is 0 Å². The maximum atomic E-state index is 12.0. The molecule has 1 aromatic rings. The molecular weight excluding hydrogens is 242 g/mol. The number of aliphatic hydroxyl groups is 1. The Bertz CT molecular complexity index is 451. The van der Waals surface area contributed by atoms with Crippen LogP contribution in [0.5, 0.6) is 0 Å². The molecule has 1 saturated carbocycles. The van der Waals surface area contributed by atoms with Gasteiger partial charge in [0.1, 0.15) is 4.90 Å². The third-order valence-electron chi connectivity index (χ3n) is 3.25. The number of sulfonamides is 1. The van der Waals surface area contributed by atoms with Crippen LogP contribution in [0.4, 0.5) is 0 Å². The molecular formula is C10H17N3O3S. The van der Waals surface area contributed by atoms with Gasteiger partial charge in [0.05, 0.1) is 12.3 Å². The number of aliphatic hydroxyl groups excluding tert-OH is 1. The normalized spacial score (nSPS) is 26.5. The second-order valence-corrected chi connectivity index (χ2v) is 6.17. The topological polar surface area (TPSA) is 95.1 Å². The molecule has 1 fully saturated rings. The molecule has 1 aliphatic rings. The zero-order valence-corrected chi connectivity index (χ0v) is 10.4. The molecule has 7 heteroatoms. The van der Waals surface area contributed by atoms with Crippen molar-refractivity contribution in [1.82, 2.24) is 14.9 Å². The molecule has 0 amide bonds. The number of hydrogen-bond acceptors (Lipinski definition) is 4. The Kier molecular flexibility index (Phi) is 3.50. The van der Waals surface area contributed by atoms with Crippen LogP contribution in [0.15, 0.2) is 17.3 Å². The zero-order valence-electron chi connectivity index (χ0n) is 9.63. The third-order valence-corrected chi connectivity index (χ3v) is 4.71. The van der Waals surface area contributed by atoms with Crippen LogP contribution in [0.2, 0.25) is 0 Å². The molecule has 0 aromatic carbocycles. The first kappa shape index (κ1) is 12.5. The first-order valence-electron chi connectivity index (χ1n) is 5.72. The van der Waals surface area contributed by atoms with E-state index in [0.29, 0.717) is 19.3 Å². The van der Waals surface area contributed by atoms with Crippen molar-refractivity contribution in [2.75, 3.05) is 0 Å². The smallest absolute Gasteiger partial charge is 0.243 e. The maximum absolute atomic E-state index is 12.0. The molecule has 1 unspecified atom stereocenters. The fourth-order valence-corrected chi connectivity index (χ4v) is 3.42. The summed E-state index contributed by atoms with van der Waals surface area (Å²) in [5.41, 5.74) is 0. The van der Waals surface area contributed by atoms with E-state index in [0.717, 1.165) is 0 Å². The van der Waals surface area contributed by atoms with Crippen LogP contribution in [0.3, 0.4) is 0 Å². The van der Waals surface area contributed by atoms with Crippen LogP contribution in [-0.4, -0.2) is 35.9 Å². The molecule has 0 spiro atoms. The van der Waals surface area contributed by atoms with E-state index in [1.807, 2.05) is 6.92 Å². The minimum absolute atomic E-state index is 0.113. The summed E-state index contributed by atoms with van der Waals surface area (Å²) in [6.45, 7) is 1.94. The summed E-state index contributed by atoms with van der Waals surface area (Å²) >= 11 is 0. The minimum Gasteiger partial charge on any atom is -0.393 e. The van der Waals surface area contributed by atoms with Gasteiger partial charge in [0.25, 0.3) is 0 Å². The molecule has 17 heavy (non-hydrogen) atoms. The number of aromatic amines is 1. The standard InChI is InChI=1S/C10H17N3O3S/c1-2-10(7-3-8(14)4-7)13-17(15,16)9-5-11-12-6-9/h5-8,10,13-14H,2-4H2,1H3,(H,11,12). The highest BCUT2D eigenvalue weighted by Gasteiger charge is 2.35. The highest BCUT2D eigenvalue weighted by atomic mass is 32.2. The molecule has 1 atom stereocenters. The number of H-pyrrole nitrogens is 1. The van der Waals surface area contributed by atoms with E-state index in [2.05, 4.69) is 14.9 Å².